The fraction of sp³-hybridized carbons (Fsp3) is 0.300. The van der Waals surface area contributed by atoms with Crippen molar-refractivity contribution < 1.29 is 0 Å². The zero-order chi connectivity index (χ0) is 8.97. The van der Waals surface area contributed by atoms with E-state index in [1.54, 1.807) is 6.20 Å². The normalized spacial score (nSPS) is 9.75. The quantitative estimate of drug-likeness (QED) is 0.692. The number of nitrogens with two attached hydrogens (primary N) is 1. The first kappa shape index (κ1) is 8.78. The van der Waals surface area contributed by atoms with Crippen LogP contribution in [-0.4, -0.2) is 4.98 Å². The van der Waals surface area contributed by atoms with Gasteiger partial charge in [-0.15, -0.1) is 6.58 Å². The number of aromatic nitrogens is 1. The molecular formula is C10H14N2. The van der Waals surface area contributed by atoms with Crippen LogP contribution in [0.1, 0.15) is 18.9 Å². The summed E-state index contributed by atoms with van der Waals surface area (Å²) in [5.41, 5.74) is 7.96. The van der Waals surface area contributed by atoms with E-state index in [2.05, 4.69) is 11.6 Å². The molecule has 12 heavy (non-hydrogen) atoms. The summed E-state index contributed by atoms with van der Waals surface area (Å²) in [4.78, 5) is 3.92. The van der Waals surface area contributed by atoms with Gasteiger partial charge in [0, 0.05) is 6.20 Å². The number of anilines is 1. The minimum atomic E-state index is 0.592. The largest absolute Gasteiger partial charge is 0.384 e. The number of rotatable bonds is 3. The van der Waals surface area contributed by atoms with Crippen LogP contribution in [0.4, 0.5) is 5.82 Å². The van der Waals surface area contributed by atoms with E-state index < -0.39 is 0 Å². The number of allylic oxidation sites excluding steroid dienone is 1. The maximum atomic E-state index is 5.53. The molecule has 1 heterocycles. The number of hydrogen-bond acceptors (Lipinski definition) is 2. The van der Waals surface area contributed by atoms with Crippen molar-refractivity contribution in [3.63, 3.8) is 0 Å². The molecule has 0 bridgehead atoms. The summed E-state index contributed by atoms with van der Waals surface area (Å²) in [7, 11) is 0. The van der Waals surface area contributed by atoms with Crippen molar-refractivity contribution in [2.45, 2.75) is 19.8 Å². The van der Waals surface area contributed by atoms with Crippen molar-refractivity contribution >= 4 is 5.82 Å². The van der Waals surface area contributed by atoms with Gasteiger partial charge in [0.2, 0.25) is 0 Å². The lowest BCUT2D eigenvalue weighted by molar-refractivity contribution is 0.943. The summed E-state index contributed by atoms with van der Waals surface area (Å²) in [5, 5.41) is 0. The Morgan fingerprint density at radius 3 is 3.00 bits per heavy atom. The van der Waals surface area contributed by atoms with Crippen LogP contribution in [0.25, 0.3) is 0 Å². The first-order valence-electron chi connectivity index (χ1n) is 4.03. The van der Waals surface area contributed by atoms with Gasteiger partial charge in [-0.3, -0.25) is 0 Å². The fourth-order valence-electron chi connectivity index (χ4n) is 1.01. The average molecular weight is 162 g/mol. The topological polar surface area (TPSA) is 38.9 Å². The van der Waals surface area contributed by atoms with Crippen molar-refractivity contribution in [1.82, 2.24) is 4.98 Å². The minimum Gasteiger partial charge on any atom is -0.384 e. The van der Waals surface area contributed by atoms with Crippen molar-refractivity contribution in [1.29, 1.82) is 0 Å². The molecule has 0 aromatic carbocycles. The molecule has 1 aromatic rings. The van der Waals surface area contributed by atoms with E-state index in [1.807, 2.05) is 19.1 Å². The molecule has 64 valence electrons. The zero-order valence-electron chi connectivity index (χ0n) is 7.38. The lowest BCUT2D eigenvalue weighted by Crippen LogP contribution is -1.92. The van der Waals surface area contributed by atoms with Crippen molar-refractivity contribution in [2.24, 2.45) is 0 Å². The van der Waals surface area contributed by atoms with Crippen LogP contribution < -0.4 is 5.73 Å². The third-order valence-corrected chi connectivity index (χ3v) is 1.69. The van der Waals surface area contributed by atoms with Crippen LogP contribution in [0.5, 0.6) is 0 Å². The van der Waals surface area contributed by atoms with Gasteiger partial charge in [-0.2, -0.15) is 0 Å². The molecule has 0 saturated carbocycles. The molecule has 1 aromatic heterocycles. The lowest BCUT2D eigenvalue weighted by atomic mass is 10.1. The predicted molar refractivity (Wildman–Crippen MR) is 51.8 cm³/mol. The van der Waals surface area contributed by atoms with Crippen LogP contribution in [0.15, 0.2) is 30.5 Å². The van der Waals surface area contributed by atoms with Gasteiger partial charge < -0.3 is 5.73 Å². The van der Waals surface area contributed by atoms with Crippen molar-refractivity contribution in [3.05, 3.63) is 36.0 Å². The zero-order valence-corrected chi connectivity index (χ0v) is 7.38. The molecule has 0 saturated heterocycles. The van der Waals surface area contributed by atoms with Gasteiger partial charge in [-0.1, -0.05) is 5.57 Å². The van der Waals surface area contributed by atoms with Crippen LogP contribution in [0.3, 0.4) is 0 Å². The monoisotopic (exact) mass is 162 g/mol. The van der Waals surface area contributed by atoms with E-state index >= 15 is 0 Å². The van der Waals surface area contributed by atoms with E-state index in [1.165, 1.54) is 11.1 Å². The second kappa shape index (κ2) is 3.90. The molecule has 0 radical (unpaired) electrons. The Morgan fingerprint density at radius 1 is 1.67 bits per heavy atom. The molecule has 0 fully saturated rings. The van der Waals surface area contributed by atoms with Gasteiger partial charge in [0.15, 0.2) is 0 Å². The maximum absolute atomic E-state index is 5.53. The molecular weight excluding hydrogens is 148 g/mol. The lowest BCUT2D eigenvalue weighted by Gasteiger charge is -2.00. The first-order chi connectivity index (χ1) is 5.68. The molecule has 1 rings (SSSR count). The summed E-state index contributed by atoms with van der Waals surface area (Å²) in [5.74, 6) is 0.592. The Hall–Kier alpha value is -1.31. The van der Waals surface area contributed by atoms with Crippen LogP contribution >= 0.6 is 0 Å². The third-order valence-electron chi connectivity index (χ3n) is 1.69. The molecule has 2 N–H and O–H groups in total. The highest BCUT2D eigenvalue weighted by molar-refractivity contribution is 5.32. The van der Waals surface area contributed by atoms with Gasteiger partial charge in [-0.05, 0) is 37.5 Å². The second-order valence-corrected chi connectivity index (χ2v) is 3.05. The van der Waals surface area contributed by atoms with E-state index in [4.69, 9.17) is 5.73 Å². The van der Waals surface area contributed by atoms with Crippen molar-refractivity contribution in [2.75, 3.05) is 5.73 Å². The third kappa shape index (κ3) is 2.74. The Kier molecular flexibility index (Phi) is 2.86. The van der Waals surface area contributed by atoms with E-state index in [0.29, 0.717) is 5.82 Å². The van der Waals surface area contributed by atoms with Crippen LogP contribution in [0, 0.1) is 0 Å². The summed E-state index contributed by atoms with van der Waals surface area (Å²) >= 11 is 0. The summed E-state index contributed by atoms with van der Waals surface area (Å²) in [6, 6.07) is 3.89. The molecule has 0 spiro atoms. The number of hydrogen-bond donors (Lipinski definition) is 1. The van der Waals surface area contributed by atoms with Gasteiger partial charge in [0.1, 0.15) is 5.82 Å². The first-order valence-corrected chi connectivity index (χ1v) is 4.03. The molecule has 2 nitrogen and oxygen atoms in total. The molecule has 0 aliphatic heterocycles. The van der Waals surface area contributed by atoms with Gasteiger partial charge in [-0.25, -0.2) is 4.98 Å². The fourth-order valence-corrected chi connectivity index (χ4v) is 1.01. The van der Waals surface area contributed by atoms with Gasteiger partial charge in [0.25, 0.3) is 0 Å². The Morgan fingerprint density at radius 2 is 2.42 bits per heavy atom. The highest BCUT2D eigenvalue weighted by Gasteiger charge is 1.94. The standard InChI is InChI=1S/C10H14N2/c1-8(2)3-4-9-5-6-12-10(11)7-9/h5-7H,1,3-4H2,2H3,(H2,11,12). The summed E-state index contributed by atoms with van der Waals surface area (Å²) in [6.45, 7) is 5.88. The van der Waals surface area contributed by atoms with Gasteiger partial charge in [0.05, 0.1) is 0 Å². The minimum absolute atomic E-state index is 0.592. The van der Waals surface area contributed by atoms with Crippen LogP contribution in [0.2, 0.25) is 0 Å². The predicted octanol–water partition coefficient (Wildman–Crippen LogP) is 2.17. The SMILES string of the molecule is C=C(C)CCc1ccnc(N)c1. The molecule has 0 atom stereocenters. The summed E-state index contributed by atoms with van der Waals surface area (Å²) < 4.78 is 0. The number of aryl methyl sites for hydroxylation is 1. The van der Waals surface area contributed by atoms with Crippen molar-refractivity contribution in [3.8, 4) is 0 Å². The Labute approximate surface area is 73.1 Å². The number of nitrogens with zero attached hydrogens (tertiary/aromatic N) is 1. The van der Waals surface area contributed by atoms with Crippen LogP contribution in [-0.2, 0) is 6.42 Å². The molecule has 2 heteroatoms. The molecule has 0 amide bonds. The Balaban J connectivity index is 2.57. The smallest absolute Gasteiger partial charge is 0.123 e. The highest BCUT2D eigenvalue weighted by Crippen LogP contribution is 2.08. The maximum Gasteiger partial charge on any atom is 0.123 e. The Bertz CT molecular complexity index is 279. The molecule has 0 aliphatic rings. The number of nitrogen functional groups attached to an aromatic ring is 1. The van der Waals surface area contributed by atoms with E-state index in [0.717, 1.165) is 12.8 Å². The second-order valence-electron chi connectivity index (χ2n) is 3.05. The van der Waals surface area contributed by atoms with Gasteiger partial charge >= 0.3 is 0 Å². The number of pyridine rings is 1. The average Bonchev–Trinajstić information content (AvgIpc) is 2.01. The molecule has 0 aliphatic carbocycles. The van der Waals surface area contributed by atoms with E-state index in [9.17, 15) is 0 Å². The summed E-state index contributed by atoms with van der Waals surface area (Å²) in [6.07, 6.45) is 3.76. The van der Waals surface area contributed by atoms with E-state index in [-0.39, 0.29) is 0 Å². The molecule has 0 unspecified atom stereocenters. The highest BCUT2D eigenvalue weighted by atomic mass is 14.8.